The summed E-state index contributed by atoms with van der Waals surface area (Å²) in [6, 6.07) is 0.616. The summed E-state index contributed by atoms with van der Waals surface area (Å²) in [5.41, 5.74) is 0.676. The molecule has 3 rings (SSSR count). The van der Waals surface area contributed by atoms with E-state index in [0.29, 0.717) is 17.5 Å². The molecule has 0 radical (unpaired) electrons. The largest absolute Gasteiger partial charge is 0.338 e. The molecule has 98 valence electrons. The molecule has 1 amide bonds. The molecular formula is C13H20N4O. The van der Waals surface area contributed by atoms with Crippen LogP contribution in [0, 0.1) is 5.92 Å². The van der Waals surface area contributed by atoms with Crippen molar-refractivity contribution in [2.75, 3.05) is 19.6 Å². The van der Waals surface area contributed by atoms with Gasteiger partial charge in [-0.3, -0.25) is 9.89 Å². The van der Waals surface area contributed by atoms with E-state index in [-0.39, 0.29) is 5.91 Å². The first-order valence-electron chi connectivity index (χ1n) is 6.86. The number of likely N-dealkylation sites (tertiary alicyclic amines) is 1. The molecule has 1 aromatic heterocycles. The van der Waals surface area contributed by atoms with Crippen LogP contribution in [0.4, 0.5) is 0 Å². The van der Waals surface area contributed by atoms with Crippen LogP contribution < -0.4 is 5.32 Å². The molecule has 5 nitrogen and oxygen atoms in total. The molecule has 2 N–H and O–H groups in total. The third-order valence-electron chi connectivity index (χ3n) is 4.16. The van der Waals surface area contributed by atoms with Crippen molar-refractivity contribution in [1.29, 1.82) is 0 Å². The predicted molar refractivity (Wildman–Crippen MR) is 68.2 cm³/mol. The van der Waals surface area contributed by atoms with Gasteiger partial charge in [-0.25, -0.2) is 0 Å². The van der Waals surface area contributed by atoms with E-state index < -0.39 is 0 Å². The lowest BCUT2D eigenvalue weighted by molar-refractivity contribution is 0.0651. The van der Waals surface area contributed by atoms with E-state index in [1.165, 1.54) is 19.3 Å². The number of piperidine rings is 1. The molecule has 1 aromatic rings. The molecular weight excluding hydrogens is 228 g/mol. The van der Waals surface area contributed by atoms with Gasteiger partial charge in [-0.1, -0.05) is 0 Å². The minimum absolute atomic E-state index is 0.117. The van der Waals surface area contributed by atoms with Crippen LogP contribution in [0.3, 0.4) is 0 Å². The summed E-state index contributed by atoms with van der Waals surface area (Å²) in [5, 5.41) is 10.1. The molecule has 2 atom stereocenters. The molecule has 3 heterocycles. The zero-order chi connectivity index (χ0) is 12.4. The number of amides is 1. The number of hydrogen-bond acceptors (Lipinski definition) is 3. The number of aromatic amines is 1. The molecule has 5 heteroatoms. The average molecular weight is 248 g/mol. The quantitative estimate of drug-likeness (QED) is 0.821. The number of aromatic nitrogens is 2. The van der Waals surface area contributed by atoms with Crippen LogP contribution in [0.2, 0.25) is 0 Å². The van der Waals surface area contributed by atoms with Crippen LogP contribution in [0.25, 0.3) is 0 Å². The van der Waals surface area contributed by atoms with Gasteiger partial charge in [-0.05, 0) is 38.1 Å². The van der Waals surface area contributed by atoms with Gasteiger partial charge in [-0.2, -0.15) is 5.10 Å². The van der Waals surface area contributed by atoms with Crippen LogP contribution in [-0.4, -0.2) is 46.7 Å². The van der Waals surface area contributed by atoms with Crippen LogP contribution >= 0.6 is 0 Å². The molecule has 2 saturated heterocycles. The molecule has 18 heavy (non-hydrogen) atoms. The highest BCUT2D eigenvalue weighted by Crippen LogP contribution is 2.25. The highest BCUT2D eigenvalue weighted by Gasteiger charge is 2.31. The van der Waals surface area contributed by atoms with Crippen LogP contribution in [0.5, 0.6) is 0 Å². The van der Waals surface area contributed by atoms with Crippen molar-refractivity contribution in [3.8, 4) is 0 Å². The minimum Gasteiger partial charge on any atom is -0.338 e. The van der Waals surface area contributed by atoms with Gasteiger partial charge in [0, 0.05) is 25.3 Å². The van der Waals surface area contributed by atoms with E-state index in [0.717, 1.165) is 26.1 Å². The fraction of sp³-hybridized carbons (Fsp3) is 0.692. The lowest BCUT2D eigenvalue weighted by atomic mass is 9.89. The smallest absolute Gasteiger partial charge is 0.257 e. The van der Waals surface area contributed by atoms with Gasteiger partial charge in [0.1, 0.15) is 0 Å². The number of nitrogens with zero attached hydrogens (tertiary/aromatic N) is 2. The minimum atomic E-state index is 0.117. The Morgan fingerprint density at radius 3 is 3.06 bits per heavy atom. The maximum absolute atomic E-state index is 12.3. The summed E-state index contributed by atoms with van der Waals surface area (Å²) < 4.78 is 0. The Kier molecular flexibility index (Phi) is 3.32. The van der Waals surface area contributed by atoms with E-state index in [1.807, 2.05) is 4.90 Å². The number of H-pyrrole nitrogens is 1. The highest BCUT2D eigenvalue weighted by atomic mass is 16.2. The topological polar surface area (TPSA) is 61.0 Å². The van der Waals surface area contributed by atoms with Crippen molar-refractivity contribution >= 4 is 5.91 Å². The second kappa shape index (κ2) is 5.10. The van der Waals surface area contributed by atoms with Crippen LogP contribution in [0.1, 0.15) is 36.0 Å². The number of hydrogen-bond donors (Lipinski definition) is 2. The Balaban J connectivity index is 1.64. The molecule has 0 bridgehead atoms. The van der Waals surface area contributed by atoms with E-state index in [4.69, 9.17) is 0 Å². The molecule has 0 aliphatic carbocycles. The molecule has 2 fully saturated rings. The van der Waals surface area contributed by atoms with Crippen molar-refractivity contribution in [3.63, 3.8) is 0 Å². The van der Waals surface area contributed by atoms with E-state index in [1.54, 1.807) is 12.4 Å². The van der Waals surface area contributed by atoms with Crippen LogP contribution in [-0.2, 0) is 0 Å². The zero-order valence-corrected chi connectivity index (χ0v) is 10.6. The van der Waals surface area contributed by atoms with Gasteiger partial charge in [0.2, 0.25) is 0 Å². The van der Waals surface area contributed by atoms with Gasteiger partial charge in [-0.15, -0.1) is 0 Å². The Morgan fingerprint density at radius 1 is 1.39 bits per heavy atom. The molecule has 2 aliphatic heterocycles. The number of carbonyl (C=O) groups is 1. The molecule has 0 aromatic carbocycles. The van der Waals surface area contributed by atoms with Gasteiger partial charge in [0.05, 0.1) is 11.8 Å². The zero-order valence-electron chi connectivity index (χ0n) is 10.6. The fourth-order valence-electron chi connectivity index (χ4n) is 3.19. The number of carbonyl (C=O) groups excluding carboxylic acids is 1. The Morgan fingerprint density at radius 2 is 2.33 bits per heavy atom. The summed E-state index contributed by atoms with van der Waals surface area (Å²) in [6.07, 6.45) is 8.19. The third kappa shape index (κ3) is 2.27. The number of rotatable bonds is 2. The first-order chi connectivity index (χ1) is 8.84. The van der Waals surface area contributed by atoms with Gasteiger partial charge >= 0.3 is 0 Å². The Labute approximate surface area is 107 Å². The Bertz CT molecular complexity index is 397. The second-order valence-electron chi connectivity index (χ2n) is 5.34. The first-order valence-corrected chi connectivity index (χ1v) is 6.86. The highest BCUT2D eigenvalue weighted by molar-refractivity contribution is 5.93. The average Bonchev–Trinajstić information content (AvgIpc) is 3.11. The summed E-state index contributed by atoms with van der Waals surface area (Å²) in [7, 11) is 0. The van der Waals surface area contributed by atoms with Gasteiger partial charge in [0.15, 0.2) is 0 Å². The normalized spacial score (nSPS) is 28.6. The molecule has 2 aliphatic rings. The van der Waals surface area contributed by atoms with Crippen molar-refractivity contribution in [2.24, 2.45) is 5.92 Å². The van der Waals surface area contributed by atoms with Crippen molar-refractivity contribution in [3.05, 3.63) is 18.0 Å². The van der Waals surface area contributed by atoms with Crippen molar-refractivity contribution in [2.45, 2.75) is 31.7 Å². The predicted octanol–water partition coefficient (Wildman–Crippen LogP) is 1.01. The van der Waals surface area contributed by atoms with E-state index in [9.17, 15) is 4.79 Å². The molecule has 0 saturated carbocycles. The van der Waals surface area contributed by atoms with E-state index in [2.05, 4.69) is 15.5 Å². The maximum atomic E-state index is 12.3. The fourth-order valence-corrected chi connectivity index (χ4v) is 3.19. The van der Waals surface area contributed by atoms with Crippen LogP contribution in [0.15, 0.2) is 12.4 Å². The maximum Gasteiger partial charge on any atom is 0.257 e. The molecule has 0 spiro atoms. The molecule has 2 unspecified atom stereocenters. The van der Waals surface area contributed by atoms with Crippen molar-refractivity contribution in [1.82, 2.24) is 20.4 Å². The second-order valence-corrected chi connectivity index (χ2v) is 5.34. The van der Waals surface area contributed by atoms with E-state index >= 15 is 0 Å². The summed E-state index contributed by atoms with van der Waals surface area (Å²) >= 11 is 0. The van der Waals surface area contributed by atoms with Gasteiger partial charge < -0.3 is 10.2 Å². The lowest BCUT2D eigenvalue weighted by Crippen LogP contribution is -2.45. The third-order valence-corrected chi connectivity index (χ3v) is 4.16. The van der Waals surface area contributed by atoms with Gasteiger partial charge in [0.25, 0.3) is 5.91 Å². The Hall–Kier alpha value is -1.36. The summed E-state index contributed by atoms with van der Waals surface area (Å²) in [6.45, 7) is 2.91. The monoisotopic (exact) mass is 248 g/mol. The number of nitrogens with one attached hydrogen (secondary N) is 2. The lowest BCUT2D eigenvalue weighted by Gasteiger charge is -2.35. The summed E-state index contributed by atoms with van der Waals surface area (Å²) in [4.78, 5) is 14.3. The SMILES string of the molecule is O=C(c1cn[nH]c1)N1CCCC(C2CCCN2)C1. The van der Waals surface area contributed by atoms with Crippen molar-refractivity contribution < 1.29 is 4.79 Å². The summed E-state index contributed by atoms with van der Waals surface area (Å²) in [5.74, 6) is 0.739. The standard InChI is InChI=1S/C13H20N4O/c18-13(11-7-15-16-8-11)17-6-2-3-10(9-17)12-4-1-5-14-12/h7-8,10,12,14H,1-6,9H2,(H,15,16). The first kappa shape index (κ1) is 11.7.